The van der Waals surface area contributed by atoms with Gasteiger partial charge in [0.25, 0.3) is 0 Å². The van der Waals surface area contributed by atoms with Crippen molar-refractivity contribution in [1.29, 1.82) is 0 Å². The molecule has 2 aromatic carbocycles. The molecule has 2 rings (SSSR count). The van der Waals surface area contributed by atoms with Crippen LogP contribution in [0.3, 0.4) is 0 Å². The van der Waals surface area contributed by atoms with Gasteiger partial charge >= 0.3 is 0 Å². The second-order valence-corrected chi connectivity index (χ2v) is 5.49. The highest BCUT2D eigenvalue weighted by molar-refractivity contribution is 6.30. The van der Waals surface area contributed by atoms with E-state index in [1.165, 1.54) is 29.5 Å². The first kappa shape index (κ1) is 14.1. The van der Waals surface area contributed by atoms with E-state index < -0.39 is 0 Å². The third-order valence-corrected chi connectivity index (χ3v) is 4.09. The van der Waals surface area contributed by atoms with E-state index in [1.807, 2.05) is 12.1 Å². The molecule has 0 fully saturated rings. The molecule has 0 unspecified atom stereocenters. The van der Waals surface area contributed by atoms with Gasteiger partial charge < -0.3 is 0 Å². The van der Waals surface area contributed by atoms with Crippen LogP contribution in [-0.4, -0.2) is 0 Å². The minimum absolute atomic E-state index is 0.772. The first-order valence-electron chi connectivity index (χ1n) is 7.08. The molecule has 0 atom stereocenters. The highest BCUT2D eigenvalue weighted by atomic mass is 35.5. The van der Waals surface area contributed by atoms with Gasteiger partial charge in [-0.1, -0.05) is 74.7 Å². The molecule has 19 heavy (non-hydrogen) atoms. The van der Waals surface area contributed by atoms with Gasteiger partial charge in [-0.2, -0.15) is 0 Å². The Hall–Kier alpha value is -1.27. The predicted molar refractivity (Wildman–Crippen MR) is 84.7 cm³/mol. The Morgan fingerprint density at radius 3 is 2.16 bits per heavy atom. The fraction of sp³-hybridized carbons (Fsp3) is 0.333. The van der Waals surface area contributed by atoms with E-state index in [-0.39, 0.29) is 0 Å². The van der Waals surface area contributed by atoms with Crippen LogP contribution in [0, 0.1) is 5.92 Å². The Morgan fingerprint density at radius 2 is 1.53 bits per heavy atom. The monoisotopic (exact) mass is 272 g/mol. The molecule has 0 radical (unpaired) electrons. The third-order valence-electron chi connectivity index (χ3n) is 3.84. The van der Waals surface area contributed by atoms with E-state index in [1.54, 1.807) is 0 Å². The van der Waals surface area contributed by atoms with E-state index >= 15 is 0 Å². The average Bonchev–Trinajstić information content (AvgIpc) is 2.46. The molecule has 1 heteroatoms. The van der Waals surface area contributed by atoms with Crippen molar-refractivity contribution >= 4 is 11.6 Å². The summed E-state index contributed by atoms with van der Waals surface area (Å²) in [5, 5.41) is 0.793. The quantitative estimate of drug-likeness (QED) is 0.627. The van der Waals surface area contributed by atoms with E-state index in [2.05, 4.69) is 50.2 Å². The Labute approximate surface area is 121 Å². The van der Waals surface area contributed by atoms with E-state index in [4.69, 9.17) is 11.6 Å². The molecule has 0 saturated heterocycles. The normalized spacial score (nSPS) is 10.9. The third kappa shape index (κ3) is 3.61. The second kappa shape index (κ2) is 6.77. The van der Waals surface area contributed by atoms with E-state index in [0.29, 0.717) is 0 Å². The molecule has 0 N–H and O–H groups in total. The van der Waals surface area contributed by atoms with Gasteiger partial charge in [-0.3, -0.25) is 0 Å². The molecule has 0 spiro atoms. The van der Waals surface area contributed by atoms with Crippen LogP contribution in [0.15, 0.2) is 48.5 Å². The standard InChI is InChI=1S/C18H21Cl/c1-3-14(4-2)13-16-7-5-6-8-18(16)15-9-11-17(19)12-10-15/h5-12,14H,3-4,13H2,1-2H3. The molecule has 0 aromatic heterocycles. The molecule has 0 aliphatic carbocycles. The van der Waals surface area contributed by atoms with Gasteiger partial charge in [0.1, 0.15) is 0 Å². The van der Waals surface area contributed by atoms with Crippen LogP contribution in [-0.2, 0) is 6.42 Å². The van der Waals surface area contributed by atoms with Crippen molar-refractivity contribution in [3.8, 4) is 11.1 Å². The van der Waals surface area contributed by atoms with Crippen LogP contribution in [0.1, 0.15) is 32.3 Å². The van der Waals surface area contributed by atoms with Crippen molar-refractivity contribution in [3.05, 3.63) is 59.1 Å². The molecule has 0 aliphatic heterocycles. The van der Waals surface area contributed by atoms with Gasteiger partial charge in [-0.05, 0) is 41.2 Å². The minimum Gasteiger partial charge on any atom is -0.0843 e. The maximum absolute atomic E-state index is 5.97. The molecular formula is C18H21Cl. The Balaban J connectivity index is 2.32. The van der Waals surface area contributed by atoms with Gasteiger partial charge in [0.15, 0.2) is 0 Å². The number of halogens is 1. The van der Waals surface area contributed by atoms with Gasteiger partial charge in [0.2, 0.25) is 0 Å². The lowest BCUT2D eigenvalue weighted by molar-refractivity contribution is 0.491. The molecule has 100 valence electrons. The molecule has 0 saturated carbocycles. The highest BCUT2D eigenvalue weighted by Gasteiger charge is 2.09. The van der Waals surface area contributed by atoms with Crippen LogP contribution < -0.4 is 0 Å². The smallest absolute Gasteiger partial charge is 0.0406 e. The molecule has 2 aromatic rings. The van der Waals surface area contributed by atoms with Crippen LogP contribution in [0.5, 0.6) is 0 Å². The van der Waals surface area contributed by atoms with Crippen molar-refractivity contribution in [1.82, 2.24) is 0 Å². The fourth-order valence-electron chi connectivity index (χ4n) is 2.50. The van der Waals surface area contributed by atoms with Crippen molar-refractivity contribution in [2.75, 3.05) is 0 Å². The molecule has 0 amide bonds. The number of rotatable bonds is 5. The lowest BCUT2D eigenvalue weighted by Gasteiger charge is -2.15. The van der Waals surface area contributed by atoms with Crippen molar-refractivity contribution in [2.24, 2.45) is 5.92 Å². The Kier molecular flexibility index (Phi) is 5.04. The van der Waals surface area contributed by atoms with Crippen molar-refractivity contribution in [3.63, 3.8) is 0 Å². The zero-order valence-electron chi connectivity index (χ0n) is 11.7. The minimum atomic E-state index is 0.772. The van der Waals surface area contributed by atoms with Gasteiger partial charge in [0.05, 0.1) is 0 Å². The summed E-state index contributed by atoms with van der Waals surface area (Å²) in [5.74, 6) is 0.772. The Morgan fingerprint density at radius 1 is 0.895 bits per heavy atom. The van der Waals surface area contributed by atoms with Crippen LogP contribution in [0.2, 0.25) is 5.02 Å². The highest BCUT2D eigenvalue weighted by Crippen LogP contribution is 2.28. The average molecular weight is 273 g/mol. The lowest BCUT2D eigenvalue weighted by atomic mass is 9.90. The summed E-state index contributed by atoms with van der Waals surface area (Å²) in [4.78, 5) is 0. The molecular weight excluding hydrogens is 252 g/mol. The van der Waals surface area contributed by atoms with Gasteiger partial charge in [-0.15, -0.1) is 0 Å². The summed E-state index contributed by atoms with van der Waals surface area (Å²) in [6.45, 7) is 4.55. The molecule has 0 heterocycles. The summed E-state index contributed by atoms with van der Waals surface area (Å²) in [6, 6.07) is 16.8. The summed E-state index contributed by atoms with van der Waals surface area (Å²) >= 11 is 5.97. The largest absolute Gasteiger partial charge is 0.0843 e. The number of benzene rings is 2. The summed E-state index contributed by atoms with van der Waals surface area (Å²) in [5.41, 5.74) is 4.04. The summed E-state index contributed by atoms with van der Waals surface area (Å²) in [6.07, 6.45) is 3.64. The van der Waals surface area contributed by atoms with E-state index in [0.717, 1.165) is 17.4 Å². The van der Waals surface area contributed by atoms with Crippen LogP contribution in [0.4, 0.5) is 0 Å². The molecule has 0 aliphatic rings. The van der Waals surface area contributed by atoms with Crippen LogP contribution >= 0.6 is 11.6 Å². The second-order valence-electron chi connectivity index (χ2n) is 5.05. The summed E-state index contributed by atoms with van der Waals surface area (Å²) in [7, 11) is 0. The number of hydrogen-bond donors (Lipinski definition) is 0. The Bertz CT molecular complexity index is 509. The number of hydrogen-bond acceptors (Lipinski definition) is 0. The topological polar surface area (TPSA) is 0 Å². The SMILES string of the molecule is CCC(CC)Cc1ccccc1-c1ccc(Cl)cc1. The van der Waals surface area contributed by atoms with Crippen molar-refractivity contribution < 1.29 is 0 Å². The maximum Gasteiger partial charge on any atom is 0.0406 e. The fourth-order valence-corrected chi connectivity index (χ4v) is 2.62. The van der Waals surface area contributed by atoms with Gasteiger partial charge in [0, 0.05) is 5.02 Å². The molecule has 0 bridgehead atoms. The first-order chi connectivity index (χ1) is 9.24. The zero-order chi connectivity index (χ0) is 13.7. The van der Waals surface area contributed by atoms with Gasteiger partial charge in [-0.25, -0.2) is 0 Å². The lowest BCUT2D eigenvalue weighted by Crippen LogP contribution is -2.03. The summed E-state index contributed by atoms with van der Waals surface area (Å²) < 4.78 is 0. The van der Waals surface area contributed by atoms with E-state index in [9.17, 15) is 0 Å². The maximum atomic E-state index is 5.97. The predicted octanol–water partition coefficient (Wildman–Crippen LogP) is 5.99. The molecule has 0 nitrogen and oxygen atoms in total. The van der Waals surface area contributed by atoms with Crippen molar-refractivity contribution in [2.45, 2.75) is 33.1 Å². The first-order valence-corrected chi connectivity index (χ1v) is 7.46. The van der Waals surface area contributed by atoms with Crippen LogP contribution in [0.25, 0.3) is 11.1 Å². The zero-order valence-corrected chi connectivity index (χ0v) is 12.5.